The number of benzene rings is 1. The molecule has 2 aliphatic rings. The minimum absolute atomic E-state index is 0.0874. The van der Waals surface area contributed by atoms with Crippen LogP contribution in [0.1, 0.15) is 108 Å². The smallest absolute Gasteiger partial charge is 0.164 e. The van der Waals surface area contributed by atoms with Crippen molar-refractivity contribution in [3.63, 3.8) is 0 Å². The maximum Gasteiger partial charge on any atom is 0.164 e. The maximum atomic E-state index is 10.6. The van der Waals surface area contributed by atoms with Crippen molar-refractivity contribution in [2.45, 2.75) is 110 Å². The Kier molecular flexibility index (Phi) is 6.83. The Balaban J connectivity index is 1.43. The predicted octanol–water partition coefficient (Wildman–Crippen LogP) is 7.00. The van der Waals surface area contributed by atoms with Crippen molar-refractivity contribution < 1.29 is 15.3 Å². The van der Waals surface area contributed by atoms with Gasteiger partial charge in [-0.3, -0.25) is 0 Å². The zero-order valence-electron chi connectivity index (χ0n) is 18.0. The fourth-order valence-electron chi connectivity index (χ4n) is 4.63. The lowest BCUT2D eigenvalue weighted by Gasteiger charge is -2.14. The SMILES string of the molecule is CCC1(CCCCCCc2c(O)c(O)cc(CCCCC3(C)CC3)c2O)CC1. The second-order valence-corrected chi connectivity index (χ2v) is 10.0. The highest BCUT2D eigenvalue weighted by Crippen LogP contribution is 2.52. The molecule has 2 saturated carbocycles. The summed E-state index contributed by atoms with van der Waals surface area (Å²) in [6.07, 6.45) is 17.6. The van der Waals surface area contributed by atoms with Crippen molar-refractivity contribution in [1.29, 1.82) is 0 Å². The third-order valence-corrected chi connectivity index (χ3v) is 7.60. The lowest BCUT2D eigenvalue weighted by Crippen LogP contribution is -1.98. The monoisotopic (exact) mass is 388 g/mol. The summed E-state index contributed by atoms with van der Waals surface area (Å²) in [7, 11) is 0. The molecular formula is C25H40O3. The zero-order chi connectivity index (χ0) is 20.2. The van der Waals surface area contributed by atoms with Crippen molar-refractivity contribution in [3.05, 3.63) is 17.2 Å². The molecule has 2 aliphatic carbocycles. The van der Waals surface area contributed by atoms with Crippen LogP contribution in [0.5, 0.6) is 17.2 Å². The minimum atomic E-state index is -0.130. The Hall–Kier alpha value is -1.38. The van der Waals surface area contributed by atoms with Gasteiger partial charge in [0, 0.05) is 5.56 Å². The summed E-state index contributed by atoms with van der Waals surface area (Å²) in [6, 6.07) is 1.55. The second kappa shape index (κ2) is 8.97. The first kappa shape index (κ1) is 21.3. The minimum Gasteiger partial charge on any atom is -0.507 e. The van der Waals surface area contributed by atoms with E-state index in [0.717, 1.165) is 37.7 Å². The van der Waals surface area contributed by atoms with Gasteiger partial charge < -0.3 is 15.3 Å². The van der Waals surface area contributed by atoms with Gasteiger partial charge in [-0.25, -0.2) is 0 Å². The van der Waals surface area contributed by atoms with Crippen molar-refractivity contribution in [2.75, 3.05) is 0 Å². The topological polar surface area (TPSA) is 60.7 Å². The lowest BCUT2D eigenvalue weighted by molar-refractivity contribution is 0.384. The molecule has 28 heavy (non-hydrogen) atoms. The Morgan fingerprint density at radius 2 is 1.43 bits per heavy atom. The first-order valence-electron chi connectivity index (χ1n) is 11.6. The van der Waals surface area contributed by atoms with Gasteiger partial charge in [-0.05, 0) is 86.7 Å². The molecular weight excluding hydrogens is 348 g/mol. The van der Waals surface area contributed by atoms with E-state index in [9.17, 15) is 15.3 Å². The molecule has 0 aliphatic heterocycles. The van der Waals surface area contributed by atoms with E-state index in [-0.39, 0.29) is 17.2 Å². The summed E-state index contributed by atoms with van der Waals surface area (Å²) in [5.41, 5.74) is 2.56. The van der Waals surface area contributed by atoms with Gasteiger partial charge in [0.1, 0.15) is 5.75 Å². The van der Waals surface area contributed by atoms with Crippen LogP contribution in [0.4, 0.5) is 0 Å². The van der Waals surface area contributed by atoms with E-state index < -0.39 is 0 Å². The maximum absolute atomic E-state index is 10.6. The van der Waals surface area contributed by atoms with Crippen LogP contribution in [0, 0.1) is 10.8 Å². The van der Waals surface area contributed by atoms with Crippen molar-refractivity contribution in [1.82, 2.24) is 0 Å². The molecule has 0 radical (unpaired) electrons. The molecule has 0 unspecified atom stereocenters. The Morgan fingerprint density at radius 1 is 0.786 bits per heavy atom. The molecule has 0 spiro atoms. The number of rotatable bonds is 13. The van der Waals surface area contributed by atoms with Gasteiger partial charge in [0.05, 0.1) is 0 Å². The van der Waals surface area contributed by atoms with Gasteiger partial charge >= 0.3 is 0 Å². The van der Waals surface area contributed by atoms with Crippen LogP contribution in [0.3, 0.4) is 0 Å². The molecule has 3 heteroatoms. The molecule has 1 aromatic carbocycles. The molecule has 0 bridgehead atoms. The van der Waals surface area contributed by atoms with E-state index in [1.165, 1.54) is 57.8 Å². The summed E-state index contributed by atoms with van der Waals surface area (Å²) in [4.78, 5) is 0. The fourth-order valence-corrected chi connectivity index (χ4v) is 4.63. The van der Waals surface area contributed by atoms with E-state index in [2.05, 4.69) is 13.8 Å². The van der Waals surface area contributed by atoms with E-state index in [4.69, 9.17) is 0 Å². The van der Waals surface area contributed by atoms with Crippen LogP contribution in [0.25, 0.3) is 0 Å². The van der Waals surface area contributed by atoms with Crippen LogP contribution >= 0.6 is 0 Å². The van der Waals surface area contributed by atoms with Crippen molar-refractivity contribution in [2.24, 2.45) is 10.8 Å². The zero-order valence-corrected chi connectivity index (χ0v) is 18.0. The first-order chi connectivity index (χ1) is 13.4. The molecule has 0 atom stereocenters. The van der Waals surface area contributed by atoms with Crippen LogP contribution in [-0.4, -0.2) is 15.3 Å². The van der Waals surface area contributed by atoms with E-state index in [0.29, 0.717) is 22.8 Å². The van der Waals surface area contributed by atoms with E-state index in [1.54, 1.807) is 6.07 Å². The fraction of sp³-hybridized carbons (Fsp3) is 0.760. The molecule has 0 amide bonds. The molecule has 3 rings (SSSR count). The number of aryl methyl sites for hydroxylation is 1. The van der Waals surface area contributed by atoms with Gasteiger partial charge in [-0.15, -0.1) is 0 Å². The van der Waals surface area contributed by atoms with Gasteiger partial charge in [-0.1, -0.05) is 46.0 Å². The summed E-state index contributed by atoms with van der Waals surface area (Å²) in [5, 5.41) is 31.0. The van der Waals surface area contributed by atoms with Gasteiger partial charge in [0.15, 0.2) is 11.5 Å². The number of hydrogen-bond donors (Lipinski definition) is 3. The first-order valence-corrected chi connectivity index (χ1v) is 11.6. The van der Waals surface area contributed by atoms with Gasteiger partial charge in [0.2, 0.25) is 0 Å². The third-order valence-electron chi connectivity index (χ3n) is 7.60. The summed E-state index contributed by atoms with van der Waals surface area (Å²) in [6.45, 7) is 4.66. The molecule has 0 saturated heterocycles. The number of hydrogen-bond acceptors (Lipinski definition) is 3. The Labute approximate surface area is 171 Å². The quantitative estimate of drug-likeness (QED) is 0.194. The Bertz CT molecular complexity index is 656. The summed E-state index contributed by atoms with van der Waals surface area (Å²) < 4.78 is 0. The molecule has 0 heterocycles. The highest BCUT2D eigenvalue weighted by molar-refractivity contribution is 5.56. The summed E-state index contributed by atoms with van der Waals surface area (Å²) >= 11 is 0. The highest BCUT2D eigenvalue weighted by atomic mass is 16.3. The van der Waals surface area contributed by atoms with Crippen LogP contribution in [-0.2, 0) is 12.8 Å². The second-order valence-electron chi connectivity index (χ2n) is 10.0. The van der Waals surface area contributed by atoms with Gasteiger partial charge in [-0.2, -0.15) is 0 Å². The average Bonchev–Trinajstić information content (AvgIpc) is 3.60. The number of aromatic hydroxyl groups is 3. The van der Waals surface area contributed by atoms with Crippen LogP contribution < -0.4 is 0 Å². The van der Waals surface area contributed by atoms with E-state index in [1.807, 2.05) is 0 Å². The molecule has 3 N–H and O–H groups in total. The van der Waals surface area contributed by atoms with Gasteiger partial charge in [0.25, 0.3) is 0 Å². The van der Waals surface area contributed by atoms with Crippen molar-refractivity contribution >= 4 is 0 Å². The molecule has 1 aromatic rings. The molecule has 0 aromatic heterocycles. The molecule has 158 valence electrons. The van der Waals surface area contributed by atoms with Crippen LogP contribution in [0.15, 0.2) is 6.07 Å². The van der Waals surface area contributed by atoms with Crippen LogP contribution in [0.2, 0.25) is 0 Å². The summed E-state index contributed by atoms with van der Waals surface area (Å²) in [5.74, 6) is -0.0129. The molecule has 2 fully saturated rings. The predicted molar refractivity (Wildman–Crippen MR) is 115 cm³/mol. The largest absolute Gasteiger partial charge is 0.507 e. The Morgan fingerprint density at radius 3 is 2.07 bits per heavy atom. The van der Waals surface area contributed by atoms with Crippen molar-refractivity contribution in [3.8, 4) is 17.2 Å². The highest BCUT2D eigenvalue weighted by Gasteiger charge is 2.39. The van der Waals surface area contributed by atoms with E-state index >= 15 is 0 Å². The number of phenols is 3. The number of phenolic OH excluding ortho intramolecular Hbond substituents is 3. The average molecular weight is 389 g/mol. The lowest BCUT2D eigenvalue weighted by atomic mass is 9.94. The molecule has 3 nitrogen and oxygen atoms in total. The third kappa shape index (κ3) is 5.58. The number of unbranched alkanes of at least 4 members (excludes halogenated alkanes) is 4. The normalized spacial score (nSPS) is 18.9. The standard InChI is InChI=1S/C25H40O3/c1-3-25(16-17-25)13-8-5-4-6-11-20-22(27)19(18-21(26)23(20)28)10-7-9-12-24(2)14-15-24/h18,26-28H,3-17H2,1-2H3.